The number of carbonyl (C=O) groups is 2. The zero-order valence-corrected chi connectivity index (χ0v) is 20.2. The molecule has 0 aromatic heterocycles. The van der Waals surface area contributed by atoms with Crippen LogP contribution in [0.15, 0.2) is 109 Å². The van der Waals surface area contributed by atoms with Gasteiger partial charge in [-0.25, -0.2) is 4.79 Å². The van der Waals surface area contributed by atoms with E-state index in [0.29, 0.717) is 28.3 Å². The molecular formula is C30H28N2O4. The van der Waals surface area contributed by atoms with Crippen LogP contribution >= 0.6 is 0 Å². The molecule has 2 unspecified atom stereocenters. The second-order valence-corrected chi connectivity index (χ2v) is 8.27. The third-order valence-corrected chi connectivity index (χ3v) is 5.70. The molecule has 0 radical (unpaired) electrons. The van der Waals surface area contributed by atoms with Gasteiger partial charge < -0.3 is 20.1 Å². The smallest absolute Gasteiger partial charge is 0.338 e. The molecule has 4 aromatic rings. The molecule has 0 spiro atoms. The first-order valence-corrected chi connectivity index (χ1v) is 11.7. The molecule has 182 valence electrons. The third kappa shape index (κ3) is 6.10. The minimum Gasteiger partial charge on any atom is -0.495 e. The highest BCUT2D eigenvalue weighted by Gasteiger charge is 2.25. The van der Waals surface area contributed by atoms with Crippen LogP contribution in [0.25, 0.3) is 0 Å². The summed E-state index contributed by atoms with van der Waals surface area (Å²) in [5, 5.41) is 6.30. The lowest BCUT2D eigenvalue weighted by Crippen LogP contribution is -2.28. The Hall–Kier alpha value is -4.58. The van der Waals surface area contributed by atoms with Gasteiger partial charge in [0.1, 0.15) is 11.9 Å². The van der Waals surface area contributed by atoms with Gasteiger partial charge >= 0.3 is 5.97 Å². The average Bonchev–Trinajstić information content (AvgIpc) is 2.93. The van der Waals surface area contributed by atoms with E-state index >= 15 is 0 Å². The van der Waals surface area contributed by atoms with Crippen molar-refractivity contribution in [2.45, 2.75) is 19.1 Å². The molecule has 2 atom stereocenters. The Bertz CT molecular complexity index is 1290. The molecule has 0 heterocycles. The van der Waals surface area contributed by atoms with Gasteiger partial charge in [-0.3, -0.25) is 4.79 Å². The molecule has 0 aliphatic carbocycles. The zero-order valence-electron chi connectivity index (χ0n) is 20.2. The van der Waals surface area contributed by atoms with Crippen LogP contribution in [-0.2, 0) is 4.74 Å². The van der Waals surface area contributed by atoms with Crippen LogP contribution in [0, 0.1) is 0 Å². The minimum absolute atomic E-state index is 0.205. The van der Waals surface area contributed by atoms with Crippen molar-refractivity contribution in [1.29, 1.82) is 0 Å². The van der Waals surface area contributed by atoms with Gasteiger partial charge in [-0.05, 0) is 48.9 Å². The number of hydrogen-bond donors (Lipinski definition) is 2. The molecule has 0 aliphatic heterocycles. The predicted octanol–water partition coefficient (Wildman–Crippen LogP) is 6.35. The van der Waals surface area contributed by atoms with Crippen molar-refractivity contribution in [1.82, 2.24) is 0 Å². The highest BCUT2D eigenvalue weighted by Crippen LogP contribution is 2.32. The third-order valence-electron chi connectivity index (χ3n) is 5.70. The number of carbonyl (C=O) groups excluding carboxylic acids is 2. The largest absolute Gasteiger partial charge is 0.495 e. The van der Waals surface area contributed by atoms with Crippen molar-refractivity contribution < 1.29 is 19.1 Å². The molecule has 0 fully saturated rings. The van der Waals surface area contributed by atoms with Crippen molar-refractivity contribution in [2.75, 3.05) is 17.7 Å². The van der Waals surface area contributed by atoms with Gasteiger partial charge in [0.05, 0.1) is 24.4 Å². The highest BCUT2D eigenvalue weighted by molar-refractivity contribution is 6.04. The average molecular weight is 481 g/mol. The van der Waals surface area contributed by atoms with E-state index in [-0.39, 0.29) is 11.9 Å². The van der Waals surface area contributed by atoms with E-state index in [0.717, 1.165) is 5.56 Å². The second kappa shape index (κ2) is 11.7. The molecule has 4 aromatic carbocycles. The SMILES string of the molecule is COc1cc(NC(=O)c2ccccc2)ccc1NC(C)C(OC(=O)c1ccccc1)c1ccccc1. The molecule has 0 saturated carbocycles. The zero-order chi connectivity index (χ0) is 25.3. The topological polar surface area (TPSA) is 76.7 Å². The lowest BCUT2D eigenvalue weighted by Gasteiger charge is -2.27. The predicted molar refractivity (Wildman–Crippen MR) is 142 cm³/mol. The van der Waals surface area contributed by atoms with Gasteiger partial charge in [-0.1, -0.05) is 66.7 Å². The quantitative estimate of drug-likeness (QED) is 0.273. The Morgan fingerprint density at radius 2 is 1.33 bits per heavy atom. The van der Waals surface area contributed by atoms with Crippen LogP contribution in [0.4, 0.5) is 11.4 Å². The normalized spacial score (nSPS) is 12.2. The van der Waals surface area contributed by atoms with Crippen LogP contribution < -0.4 is 15.4 Å². The maximum absolute atomic E-state index is 12.9. The summed E-state index contributed by atoms with van der Waals surface area (Å²) < 4.78 is 11.5. The molecule has 2 N–H and O–H groups in total. The molecule has 0 bridgehead atoms. The Morgan fingerprint density at radius 1 is 0.750 bits per heavy atom. The van der Waals surface area contributed by atoms with E-state index in [1.807, 2.05) is 67.6 Å². The molecule has 36 heavy (non-hydrogen) atoms. The van der Waals surface area contributed by atoms with Crippen molar-refractivity contribution in [3.63, 3.8) is 0 Å². The number of nitrogens with one attached hydrogen (secondary N) is 2. The number of ether oxygens (including phenoxy) is 2. The van der Waals surface area contributed by atoms with E-state index < -0.39 is 12.1 Å². The van der Waals surface area contributed by atoms with Gasteiger partial charge in [-0.15, -0.1) is 0 Å². The fourth-order valence-electron chi connectivity index (χ4n) is 3.86. The van der Waals surface area contributed by atoms with Crippen molar-refractivity contribution in [3.05, 3.63) is 126 Å². The number of benzene rings is 4. The molecule has 6 nitrogen and oxygen atoms in total. The van der Waals surface area contributed by atoms with Gasteiger partial charge in [0.15, 0.2) is 0 Å². The van der Waals surface area contributed by atoms with E-state index in [4.69, 9.17) is 9.47 Å². The first kappa shape index (κ1) is 24.5. The fraction of sp³-hybridized carbons (Fsp3) is 0.133. The lowest BCUT2D eigenvalue weighted by atomic mass is 10.0. The first-order chi connectivity index (χ1) is 17.5. The van der Waals surface area contributed by atoms with E-state index in [1.54, 1.807) is 55.6 Å². The molecule has 6 heteroatoms. The van der Waals surface area contributed by atoms with Crippen molar-refractivity contribution in [3.8, 4) is 5.75 Å². The Balaban J connectivity index is 1.52. The Kier molecular flexibility index (Phi) is 7.98. The monoisotopic (exact) mass is 480 g/mol. The van der Waals surface area contributed by atoms with Crippen LogP contribution in [0.5, 0.6) is 5.75 Å². The molecule has 4 rings (SSSR count). The molecular weight excluding hydrogens is 452 g/mol. The number of methoxy groups -OCH3 is 1. The van der Waals surface area contributed by atoms with Crippen molar-refractivity contribution >= 4 is 23.3 Å². The summed E-state index contributed by atoms with van der Waals surface area (Å²) in [4.78, 5) is 25.4. The number of esters is 1. The number of rotatable bonds is 9. The van der Waals surface area contributed by atoms with Gasteiger partial charge in [0.2, 0.25) is 0 Å². The first-order valence-electron chi connectivity index (χ1n) is 11.7. The summed E-state index contributed by atoms with van der Waals surface area (Å²) in [5.74, 6) is -0.0540. The number of amides is 1. The fourth-order valence-corrected chi connectivity index (χ4v) is 3.86. The van der Waals surface area contributed by atoms with Crippen LogP contribution in [0.2, 0.25) is 0 Å². The van der Waals surface area contributed by atoms with E-state index in [9.17, 15) is 9.59 Å². The maximum atomic E-state index is 12.9. The summed E-state index contributed by atoms with van der Waals surface area (Å²) in [7, 11) is 1.57. The maximum Gasteiger partial charge on any atom is 0.338 e. The minimum atomic E-state index is -0.555. The van der Waals surface area contributed by atoms with Crippen LogP contribution in [0.1, 0.15) is 39.3 Å². The van der Waals surface area contributed by atoms with Crippen LogP contribution in [0.3, 0.4) is 0 Å². The summed E-state index contributed by atoms with van der Waals surface area (Å²) in [6.45, 7) is 1.94. The van der Waals surface area contributed by atoms with Gasteiger partial charge in [0.25, 0.3) is 5.91 Å². The summed E-state index contributed by atoms with van der Waals surface area (Å²) in [6, 6.07) is 32.6. The lowest BCUT2D eigenvalue weighted by molar-refractivity contribution is 0.0262. The highest BCUT2D eigenvalue weighted by atomic mass is 16.5. The van der Waals surface area contributed by atoms with Crippen LogP contribution in [-0.4, -0.2) is 25.0 Å². The standard InChI is InChI=1S/C30H28N2O4/c1-21(28(22-12-6-3-7-13-22)36-30(34)24-16-10-5-11-17-24)31-26-19-18-25(20-27(26)35-2)32-29(33)23-14-8-4-9-15-23/h3-21,28,31H,1-2H3,(H,32,33). The van der Waals surface area contributed by atoms with E-state index in [1.165, 1.54) is 0 Å². The molecule has 0 aliphatic rings. The number of hydrogen-bond acceptors (Lipinski definition) is 5. The Morgan fingerprint density at radius 3 is 1.94 bits per heavy atom. The molecule has 0 saturated heterocycles. The summed E-state index contributed by atoms with van der Waals surface area (Å²) in [6.07, 6.45) is -0.555. The molecule has 1 amide bonds. The van der Waals surface area contributed by atoms with Gasteiger partial charge in [0, 0.05) is 17.3 Å². The summed E-state index contributed by atoms with van der Waals surface area (Å²) in [5.41, 5.74) is 3.24. The Labute approximate surface area is 210 Å². The van der Waals surface area contributed by atoms with E-state index in [2.05, 4.69) is 10.6 Å². The van der Waals surface area contributed by atoms with Gasteiger partial charge in [-0.2, -0.15) is 0 Å². The number of anilines is 2. The van der Waals surface area contributed by atoms with Crippen molar-refractivity contribution in [2.24, 2.45) is 0 Å². The summed E-state index contributed by atoms with van der Waals surface area (Å²) >= 11 is 0. The second-order valence-electron chi connectivity index (χ2n) is 8.27.